The third kappa shape index (κ3) is 3.71. The fourth-order valence-electron chi connectivity index (χ4n) is 3.62. The summed E-state index contributed by atoms with van der Waals surface area (Å²) in [5, 5.41) is 0.727. The Labute approximate surface area is 167 Å². The van der Waals surface area contributed by atoms with Crippen LogP contribution in [-0.2, 0) is 16.4 Å². The summed E-state index contributed by atoms with van der Waals surface area (Å²) in [7, 11) is -3.98. The zero-order valence-corrected chi connectivity index (χ0v) is 16.3. The molecule has 0 aromatic heterocycles. The van der Waals surface area contributed by atoms with E-state index in [9.17, 15) is 22.4 Å². The topological polar surface area (TPSA) is 80.3 Å². The van der Waals surface area contributed by atoms with Crippen molar-refractivity contribution in [3.05, 3.63) is 77.1 Å². The molecule has 0 atom stereocenters. The summed E-state index contributed by atoms with van der Waals surface area (Å²) in [5.74, 6) is -0.993. The number of halogens is 1. The number of hydrogen-bond donors (Lipinski definition) is 1. The van der Waals surface area contributed by atoms with E-state index in [4.69, 9.17) is 0 Å². The van der Waals surface area contributed by atoms with Crippen molar-refractivity contribution >= 4 is 32.4 Å². The van der Waals surface area contributed by atoms with Gasteiger partial charge in [-0.3, -0.25) is 9.59 Å². The minimum absolute atomic E-state index is 0.0525. The van der Waals surface area contributed by atoms with Crippen molar-refractivity contribution in [3.63, 3.8) is 0 Å². The molecular weight excluding hydrogens is 393 g/mol. The second kappa shape index (κ2) is 7.50. The Bertz CT molecular complexity index is 1250. The molecule has 0 aliphatic heterocycles. The van der Waals surface area contributed by atoms with Crippen molar-refractivity contribution < 1.29 is 22.4 Å². The lowest BCUT2D eigenvalue weighted by Crippen LogP contribution is -2.30. The molecule has 5 nitrogen and oxygen atoms in total. The van der Waals surface area contributed by atoms with Crippen LogP contribution < -0.4 is 4.72 Å². The highest BCUT2D eigenvalue weighted by molar-refractivity contribution is 7.89. The molecule has 0 bridgehead atoms. The molecule has 0 heterocycles. The van der Waals surface area contributed by atoms with E-state index in [1.807, 2.05) is 0 Å². The van der Waals surface area contributed by atoms with Crippen LogP contribution in [0.25, 0.3) is 10.8 Å². The van der Waals surface area contributed by atoms with E-state index >= 15 is 0 Å². The zero-order chi connectivity index (χ0) is 20.6. The normalized spacial score (nSPS) is 14.0. The molecule has 0 saturated carbocycles. The number of benzene rings is 3. The lowest BCUT2D eigenvalue weighted by atomic mass is 9.91. The molecule has 4 rings (SSSR count). The van der Waals surface area contributed by atoms with Gasteiger partial charge in [-0.1, -0.05) is 30.3 Å². The van der Waals surface area contributed by atoms with Crippen LogP contribution in [-0.4, -0.2) is 26.5 Å². The van der Waals surface area contributed by atoms with Gasteiger partial charge in [-0.25, -0.2) is 17.5 Å². The van der Waals surface area contributed by atoms with Gasteiger partial charge in [-0.2, -0.15) is 0 Å². The van der Waals surface area contributed by atoms with Crippen LogP contribution in [0.5, 0.6) is 0 Å². The van der Waals surface area contributed by atoms with Crippen molar-refractivity contribution in [2.75, 3.05) is 6.54 Å². The standard InChI is InChI=1S/C22H18FNO4S/c23-20-11-10-18(16-5-1-2-6-17(16)20)22(26)13-24-29(27,28)15-9-8-14-4-3-7-21(25)19(14)12-15/h1-2,5-6,8-12,24H,3-4,7,13H2. The Morgan fingerprint density at radius 3 is 2.55 bits per heavy atom. The van der Waals surface area contributed by atoms with Gasteiger partial charge in [-0.05, 0) is 48.1 Å². The number of carbonyl (C=O) groups excluding carboxylic acids is 2. The van der Waals surface area contributed by atoms with Gasteiger partial charge >= 0.3 is 0 Å². The smallest absolute Gasteiger partial charge is 0.241 e. The highest BCUT2D eigenvalue weighted by Crippen LogP contribution is 2.25. The second-order valence-corrected chi connectivity index (χ2v) is 8.75. The predicted molar refractivity (Wildman–Crippen MR) is 107 cm³/mol. The summed E-state index contributed by atoms with van der Waals surface area (Å²) in [5.41, 5.74) is 1.51. The van der Waals surface area contributed by atoms with Crippen LogP contribution in [0.4, 0.5) is 4.39 Å². The lowest BCUT2D eigenvalue weighted by molar-refractivity contribution is 0.0970. The number of nitrogens with one attached hydrogen (secondary N) is 1. The molecule has 1 aliphatic rings. The molecule has 0 radical (unpaired) electrons. The molecule has 1 N–H and O–H groups in total. The number of aryl methyl sites for hydroxylation is 1. The molecule has 0 spiro atoms. The first-order chi connectivity index (χ1) is 13.9. The summed E-state index contributed by atoms with van der Waals surface area (Å²) in [6, 6.07) is 13.5. The number of hydrogen-bond acceptors (Lipinski definition) is 4. The largest absolute Gasteiger partial charge is 0.294 e. The molecule has 0 fully saturated rings. The average molecular weight is 411 g/mol. The van der Waals surface area contributed by atoms with E-state index in [0.717, 1.165) is 18.4 Å². The van der Waals surface area contributed by atoms with Gasteiger partial charge in [0.1, 0.15) is 5.82 Å². The lowest BCUT2D eigenvalue weighted by Gasteiger charge is -2.16. The summed E-state index contributed by atoms with van der Waals surface area (Å²) in [6.45, 7) is -0.469. The van der Waals surface area contributed by atoms with E-state index in [1.165, 1.54) is 24.3 Å². The first-order valence-corrected chi connectivity index (χ1v) is 10.7. The SMILES string of the molecule is O=C1CCCc2ccc(S(=O)(=O)NCC(=O)c3ccc(F)c4ccccc34)cc21. The first kappa shape index (κ1) is 19.4. The van der Waals surface area contributed by atoms with E-state index < -0.39 is 28.2 Å². The van der Waals surface area contributed by atoms with Crippen molar-refractivity contribution in [2.24, 2.45) is 0 Å². The zero-order valence-electron chi connectivity index (χ0n) is 15.4. The quantitative estimate of drug-likeness (QED) is 0.650. The van der Waals surface area contributed by atoms with E-state index in [1.54, 1.807) is 30.3 Å². The van der Waals surface area contributed by atoms with Gasteiger partial charge in [0, 0.05) is 22.9 Å². The molecule has 7 heteroatoms. The highest BCUT2D eigenvalue weighted by atomic mass is 32.2. The highest BCUT2D eigenvalue weighted by Gasteiger charge is 2.23. The Morgan fingerprint density at radius 1 is 1.00 bits per heavy atom. The van der Waals surface area contributed by atoms with Crippen LogP contribution in [0, 0.1) is 5.82 Å². The number of carbonyl (C=O) groups is 2. The van der Waals surface area contributed by atoms with Gasteiger partial charge in [-0.15, -0.1) is 0 Å². The summed E-state index contributed by atoms with van der Waals surface area (Å²) in [4.78, 5) is 24.6. The maximum Gasteiger partial charge on any atom is 0.241 e. The van der Waals surface area contributed by atoms with Crippen LogP contribution >= 0.6 is 0 Å². The van der Waals surface area contributed by atoms with Crippen LogP contribution in [0.3, 0.4) is 0 Å². The van der Waals surface area contributed by atoms with Gasteiger partial charge in [0.15, 0.2) is 11.6 Å². The van der Waals surface area contributed by atoms with Crippen molar-refractivity contribution in [1.29, 1.82) is 0 Å². The first-order valence-electron chi connectivity index (χ1n) is 9.23. The fraction of sp³-hybridized carbons (Fsp3) is 0.182. The van der Waals surface area contributed by atoms with Crippen molar-refractivity contribution in [2.45, 2.75) is 24.2 Å². The van der Waals surface area contributed by atoms with Gasteiger partial charge in [0.2, 0.25) is 10.0 Å². The van der Waals surface area contributed by atoms with Gasteiger partial charge in [0.25, 0.3) is 0 Å². The minimum atomic E-state index is -3.98. The molecule has 3 aromatic carbocycles. The molecule has 0 amide bonds. The number of ketones is 2. The number of rotatable bonds is 5. The Hall–Kier alpha value is -2.90. The van der Waals surface area contributed by atoms with Crippen LogP contribution in [0.2, 0.25) is 0 Å². The number of Topliss-reactive ketones (excluding diaryl/α,β-unsaturated/α-hetero) is 2. The number of fused-ring (bicyclic) bond motifs is 2. The Balaban J connectivity index is 1.58. The van der Waals surface area contributed by atoms with Crippen LogP contribution in [0.15, 0.2) is 59.5 Å². The molecule has 1 aliphatic carbocycles. The van der Waals surface area contributed by atoms with Crippen molar-refractivity contribution in [3.8, 4) is 0 Å². The maximum atomic E-state index is 13.9. The fourth-order valence-corrected chi connectivity index (χ4v) is 4.63. The molecule has 148 valence electrons. The maximum absolute atomic E-state index is 13.9. The summed E-state index contributed by atoms with van der Waals surface area (Å²) < 4.78 is 41.5. The molecule has 0 saturated heterocycles. The monoisotopic (exact) mass is 411 g/mol. The third-order valence-electron chi connectivity index (χ3n) is 5.14. The molecule has 29 heavy (non-hydrogen) atoms. The van der Waals surface area contributed by atoms with Crippen molar-refractivity contribution in [1.82, 2.24) is 4.72 Å². The minimum Gasteiger partial charge on any atom is -0.294 e. The number of sulfonamides is 1. The Kier molecular flexibility index (Phi) is 5.02. The average Bonchev–Trinajstić information content (AvgIpc) is 2.73. The van der Waals surface area contributed by atoms with E-state index in [2.05, 4.69) is 4.72 Å². The van der Waals surface area contributed by atoms with E-state index in [0.29, 0.717) is 22.8 Å². The summed E-state index contributed by atoms with van der Waals surface area (Å²) in [6.07, 6.45) is 1.90. The van der Waals surface area contributed by atoms with Crippen LogP contribution in [0.1, 0.15) is 39.1 Å². The predicted octanol–water partition coefficient (Wildman–Crippen LogP) is 3.66. The molecule has 0 unspecified atom stereocenters. The molecule has 3 aromatic rings. The third-order valence-corrected chi connectivity index (χ3v) is 6.53. The Morgan fingerprint density at radius 2 is 1.76 bits per heavy atom. The second-order valence-electron chi connectivity index (χ2n) is 6.98. The van der Waals surface area contributed by atoms with Gasteiger partial charge < -0.3 is 0 Å². The summed E-state index contributed by atoms with van der Waals surface area (Å²) >= 11 is 0. The molecular formula is C22H18FNO4S. The van der Waals surface area contributed by atoms with Gasteiger partial charge in [0.05, 0.1) is 11.4 Å². The van der Waals surface area contributed by atoms with E-state index in [-0.39, 0.29) is 16.2 Å².